The van der Waals surface area contributed by atoms with Crippen molar-refractivity contribution in [3.8, 4) is 5.75 Å². The van der Waals surface area contributed by atoms with Crippen molar-refractivity contribution in [1.82, 2.24) is 10.2 Å². The standard InChI is InChI=1S/C27H35Cl2N3O5S/c1-4-24(27(34)30-21-8-6-5-7-9-21)31(17-19-10-12-20(28)13-11-19)26(33)18-32(38(3,35)36)22-14-15-25(37-2)23(29)16-22/h10-16,21,24H,4-9,17-18H2,1-3H3,(H,30,34). The van der Waals surface area contributed by atoms with Gasteiger partial charge in [-0.2, -0.15) is 0 Å². The van der Waals surface area contributed by atoms with Gasteiger partial charge in [0.2, 0.25) is 21.8 Å². The number of carbonyl (C=O) groups excluding carboxylic acids is 2. The van der Waals surface area contributed by atoms with Gasteiger partial charge in [-0.3, -0.25) is 13.9 Å². The van der Waals surface area contributed by atoms with Crippen LogP contribution in [0.2, 0.25) is 10.0 Å². The lowest BCUT2D eigenvalue weighted by molar-refractivity contribution is -0.140. The smallest absolute Gasteiger partial charge is 0.244 e. The summed E-state index contributed by atoms with van der Waals surface area (Å²) >= 11 is 12.3. The van der Waals surface area contributed by atoms with Gasteiger partial charge in [0, 0.05) is 17.6 Å². The highest BCUT2D eigenvalue weighted by Crippen LogP contribution is 2.30. The summed E-state index contributed by atoms with van der Waals surface area (Å²) in [6, 6.07) is 10.8. The molecular weight excluding hydrogens is 549 g/mol. The second-order valence-electron chi connectivity index (χ2n) is 9.50. The Labute approximate surface area is 235 Å². The molecule has 1 N–H and O–H groups in total. The molecule has 0 aromatic heterocycles. The zero-order valence-electron chi connectivity index (χ0n) is 22.0. The molecule has 0 spiro atoms. The molecule has 0 heterocycles. The molecule has 3 rings (SSSR count). The number of carbonyl (C=O) groups is 2. The van der Waals surface area contributed by atoms with Crippen LogP contribution in [0.4, 0.5) is 5.69 Å². The molecule has 1 aliphatic rings. The largest absolute Gasteiger partial charge is 0.495 e. The topological polar surface area (TPSA) is 96.0 Å². The molecule has 0 saturated heterocycles. The van der Waals surface area contributed by atoms with E-state index in [0.717, 1.165) is 48.2 Å². The van der Waals surface area contributed by atoms with E-state index in [4.69, 9.17) is 27.9 Å². The van der Waals surface area contributed by atoms with E-state index in [9.17, 15) is 18.0 Å². The lowest BCUT2D eigenvalue weighted by Crippen LogP contribution is -2.53. The number of nitrogens with zero attached hydrogens (tertiary/aromatic N) is 2. The van der Waals surface area contributed by atoms with Crippen molar-refractivity contribution in [3.63, 3.8) is 0 Å². The van der Waals surface area contributed by atoms with E-state index < -0.39 is 28.5 Å². The predicted octanol–water partition coefficient (Wildman–Crippen LogP) is 5.02. The molecule has 0 bridgehead atoms. The quantitative estimate of drug-likeness (QED) is 0.400. The van der Waals surface area contributed by atoms with Gasteiger partial charge < -0.3 is 15.0 Å². The van der Waals surface area contributed by atoms with Crippen molar-refractivity contribution < 1.29 is 22.7 Å². The Hall–Kier alpha value is -2.49. The third-order valence-electron chi connectivity index (χ3n) is 6.71. The first-order chi connectivity index (χ1) is 18.0. The maximum Gasteiger partial charge on any atom is 0.244 e. The van der Waals surface area contributed by atoms with Crippen LogP contribution in [-0.4, -0.2) is 57.1 Å². The molecular formula is C27H35Cl2N3O5S. The molecule has 2 amide bonds. The first kappa shape index (κ1) is 30.1. The summed E-state index contributed by atoms with van der Waals surface area (Å²) in [5, 5.41) is 3.88. The van der Waals surface area contributed by atoms with Crippen LogP contribution < -0.4 is 14.4 Å². The molecule has 2 aromatic rings. The summed E-state index contributed by atoms with van der Waals surface area (Å²) in [4.78, 5) is 28.7. The molecule has 38 heavy (non-hydrogen) atoms. The van der Waals surface area contributed by atoms with E-state index in [1.54, 1.807) is 24.3 Å². The Kier molecular flexibility index (Phi) is 10.7. The number of hydrogen-bond donors (Lipinski definition) is 1. The third kappa shape index (κ3) is 8.01. The Bertz CT molecular complexity index is 1220. The monoisotopic (exact) mass is 583 g/mol. The van der Waals surface area contributed by atoms with Crippen molar-refractivity contribution in [2.75, 3.05) is 24.2 Å². The maximum absolute atomic E-state index is 13.8. The van der Waals surface area contributed by atoms with Crippen molar-refractivity contribution in [2.24, 2.45) is 0 Å². The van der Waals surface area contributed by atoms with Crippen molar-refractivity contribution in [1.29, 1.82) is 0 Å². The normalized spacial score (nSPS) is 15.0. The highest BCUT2D eigenvalue weighted by atomic mass is 35.5. The van der Waals surface area contributed by atoms with E-state index in [2.05, 4.69) is 5.32 Å². The van der Waals surface area contributed by atoms with Crippen molar-refractivity contribution >= 4 is 50.7 Å². The summed E-state index contributed by atoms with van der Waals surface area (Å²) in [6.07, 6.45) is 6.48. The van der Waals surface area contributed by atoms with Gasteiger partial charge >= 0.3 is 0 Å². The zero-order chi connectivity index (χ0) is 27.9. The average molecular weight is 585 g/mol. The minimum atomic E-state index is -3.87. The molecule has 208 valence electrons. The lowest BCUT2D eigenvalue weighted by atomic mass is 9.95. The van der Waals surface area contributed by atoms with E-state index >= 15 is 0 Å². The molecule has 0 radical (unpaired) electrons. The predicted molar refractivity (Wildman–Crippen MR) is 151 cm³/mol. The van der Waals surface area contributed by atoms with Crippen LogP contribution >= 0.6 is 23.2 Å². The number of benzene rings is 2. The van der Waals surface area contributed by atoms with E-state index in [1.807, 2.05) is 6.92 Å². The van der Waals surface area contributed by atoms with Gasteiger partial charge in [0.1, 0.15) is 18.3 Å². The van der Waals surface area contributed by atoms with E-state index in [-0.39, 0.29) is 29.2 Å². The number of sulfonamides is 1. The number of amides is 2. The molecule has 0 aliphatic heterocycles. The summed E-state index contributed by atoms with van der Waals surface area (Å²) in [6.45, 7) is 1.46. The Morgan fingerprint density at radius 2 is 1.74 bits per heavy atom. The maximum atomic E-state index is 13.8. The number of anilines is 1. The summed E-state index contributed by atoms with van der Waals surface area (Å²) in [5.41, 5.74) is 0.989. The number of hydrogen-bond acceptors (Lipinski definition) is 5. The number of rotatable bonds is 11. The van der Waals surface area contributed by atoms with Gasteiger partial charge in [-0.15, -0.1) is 0 Å². The SMILES string of the molecule is CCC(C(=O)NC1CCCCC1)N(Cc1ccc(Cl)cc1)C(=O)CN(c1ccc(OC)c(Cl)c1)S(C)(=O)=O. The van der Waals surface area contributed by atoms with Gasteiger partial charge in [-0.25, -0.2) is 8.42 Å². The highest BCUT2D eigenvalue weighted by Gasteiger charge is 2.33. The summed E-state index contributed by atoms with van der Waals surface area (Å²) < 4.78 is 31.7. The fraction of sp³-hybridized carbons (Fsp3) is 0.481. The number of halogens is 2. The van der Waals surface area contributed by atoms with Gasteiger partial charge in [-0.1, -0.05) is 61.5 Å². The minimum absolute atomic E-state index is 0.0757. The zero-order valence-corrected chi connectivity index (χ0v) is 24.3. The fourth-order valence-corrected chi connectivity index (χ4v) is 5.89. The van der Waals surface area contributed by atoms with Gasteiger partial charge in [0.25, 0.3) is 0 Å². The Balaban J connectivity index is 1.92. The van der Waals surface area contributed by atoms with Gasteiger partial charge in [-0.05, 0) is 55.2 Å². The van der Waals surface area contributed by atoms with Crippen LogP contribution in [0.15, 0.2) is 42.5 Å². The molecule has 11 heteroatoms. The first-order valence-electron chi connectivity index (χ1n) is 12.7. The van der Waals surface area contributed by atoms with Crippen LogP contribution in [0.25, 0.3) is 0 Å². The van der Waals surface area contributed by atoms with Crippen molar-refractivity contribution in [2.45, 2.75) is 64.1 Å². The molecule has 1 atom stereocenters. The average Bonchev–Trinajstić information content (AvgIpc) is 2.88. The van der Waals surface area contributed by atoms with Gasteiger partial charge in [0.15, 0.2) is 0 Å². The summed E-state index contributed by atoms with van der Waals surface area (Å²) in [5.74, 6) is -0.368. The third-order valence-corrected chi connectivity index (χ3v) is 8.39. The molecule has 2 aromatic carbocycles. The molecule has 1 fully saturated rings. The van der Waals surface area contributed by atoms with Crippen LogP contribution in [-0.2, 0) is 26.2 Å². The minimum Gasteiger partial charge on any atom is -0.495 e. The molecule has 1 unspecified atom stereocenters. The van der Waals surface area contributed by atoms with E-state index in [1.165, 1.54) is 30.2 Å². The fourth-order valence-electron chi connectivity index (χ4n) is 4.67. The van der Waals surface area contributed by atoms with Crippen LogP contribution in [0.5, 0.6) is 5.75 Å². The van der Waals surface area contributed by atoms with Gasteiger partial charge in [0.05, 0.1) is 24.1 Å². The molecule has 1 saturated carbocycles. The second-order valence-corrected chi connectivity index (χ2v) is 12.3. The van der Waals surface area contributed by atoms with Crippen LogP contribution in [0, 0.1) is 0 Å². The first-order valence-corrected chi connectivity index (χ1v) is 15.3. The lowest BCUT2D eigenvalue weighted by Gasteiger charge is -2.34. The van der Waals surface area contributed by atoms with Crippen LogP contribution in [0.3, 0.4) is 0 Å². The Morgan fingerprint density at radius 3 is 2.29 bits per heavy atom. The Morgan fingerprint density at radius 1 is 1.08 bits per heavy atom. The number of nitrogens with one attached hydrogen (secondary N) is 1. The van der Waals surface area contributed by atoms with Crippen LogP contribution in [0.1, 0.15) is 51.0 Å². The number of ether oxygens (including phenoxy) is 1. The number of methoxy groups -OCH3 is 1. The second kappa shape index (κ2) is 13.5. The molecule has 1 aliphatic carbocycles. The van der Waals surface area contributed by atoms with Crippen molar-refractivity contribution in [3.05, 3.63) is 58.1 Å². The highest BCUT2D eigenvalue weighted by molar-refractivity contribution is 7.92. The molecule has 8 nitrogen and oxygen atoms in total. The van der Waals surface area contributed by atoms with E-state index in [0.29, 0.717) is 17.2 Å². The summed E-state index contributed by atoms with van der Waals surface area (Å²) in [7, 11) is -2.41.